The van der Waals surface area contributed by atoms with Gasteiger partial charge in [0.1, 0.15) is 0 Å². The summed E-state index contributed by atoms with van der Waals surface area (Å²) in [6, 6.07) is 10.9. The zero-order valence-corrected chi connectivity index (χ0v) is 13.9. The first-order chi connectivity index (χ1) is 9.81. The molecule has 0 bridgehead atoms. The quantitative estimate of drug-likeness (QED) is 0.469. The summed E-state index contributed by atoms with van der Waals surface area (Å²) in [4.78, 5) is 10.0. The Morgan fingerprint density at radius 2 is 1.86 bits per heavy atom. The van der Waals surface area contributed by atoms with Crippen LogP contribution >= 0.6 is 22.6 Å². The Hall–Kier alpha value is -1.68. The fourth-order valence-electron chi connectivity index (χ4n) is 1.89. The van der Waals surface area contributed by atoms with Crippen molar-refractivity contribution in [2.75, 3.05) is 4.72 Å². The number of nitro benzene ring substituents is 1. The topological polar surface area (TPSA) is 89.3 Å². The van der Waals surface area contributed by atoms with E-state index in [1.807, 2.05) is 6.07 Å². The normalized spacial score (nSPS) is 11.1. The van der Waals surface area contributed by atoms with Gasteiger partial charge in [0.25, 0.3) is 15.7 Å². The number of rotatable bonds is 4. The van der Waals surface area contributed by atoms with Crippen LogP contribution in [-0.2, 0) is 10.0 Å². The minimum absolute atomic E-state index is 0.311. The summed E-state index contributed by atoms with van der Waals surface area (Å²) < 4.78 is 28.1. The molecule has 0 radical (unpaired) electrons. The van der Waals surface area contributed by atoms with E-state index in [4.69, 9.17) is 0 Å². The summed E-state index contributed by atoms with van der Waals surface area (Å²) in [5, 5.41) is 11.0. The molecule has 1 N–H and O–H groups in total. The average molecular weight is 418 g/mol. The van der Waals surface area contributed by atoms with E-state index >= 15 is 0 Å². The van der Waals surface area contributed by atoms with Gasteiger partial charge in [-0.05, 0) is 53.3 Å². The average Bonchev–Trinajstić information content (AvgIpc) is 2.37. The highest BCUT2D eigenvalue weighted by molar-refractivity contribution is 14.1. The first-order valence-corrected chi connectivity index (χ1v) is 8.40. The maximum Gasteiger partial charge on any atom is 0.290 e. The Balaban J connectivity index is 2.52. The number of hydrogen-bond donors (Lipinski definition) is 1. The molecule has 0 unspecified atom stereocenters. The molecular weight excluding hydrogens is 407 g/mol. The van der Waals surface area contributed by atoms with Crippen LogP contribution in [0, 0.1) is 20.6 Å². The van der Waals surface area contributed by atoms with Crippen LogP contribution in [0.1, 0.15) is 5.56 Å². The van der Waals surface area contributed by atoms with E-state index in [9.17, 15) is 18.5 Å². The van der Waals surface area contributed by atoms with Crippen LogP contribution in [0.4, 0.5) is 11.4 Å². The van der Waals surface area contributed by atoms with Gasteiger partial charge in [-0.3, -0.25) is 14.8 Å². The second-order valence-electron chi connectivity index (χ2n) is 4.30. The Morgan fingerprint density at radius 1 is 1.19 bits per heavy atom. The van der Waals surface area contributed by atoms with Crippen LogP contribution in [0.2, 0.25) is 0 Å². The fourth-order valence-corrected chi connectivity index (χ4v) is 3.88. The van der Waals surface area contributed by atoms with Gasteiger partial charge in [0.15, 0.2) is 4.90 Å². The Morgan fingerprint density at radius 3 is 2.48 bits per heavy atom. The van der Waals surface area contributed by atoms with Crippen LogP contribution in [0.5, 0.6) is 0 Å². The predicted octanol–water partition coefficient (Wildman–Crippen LogP) is 3.31. The molecule has 0 saturated heterocycles. The molecule has 0 aliphatic heterocycles. The second kappa shape index (κ2) is 5.98. The Kier molecular flexibility index (Phi) is 4.47. The Bertz CT molecular complexity index is 806. The standard InChI is InChI=1S/C13H11IN2O4S/c1-9-4-2-7-12(16(17)18)13(9)21(19,20)15-11-6-3-5-10(14)8-11/h2-8,15H,1H3. The number of nitrogens with one attached hydrogen (secondary N) is 1. The van der Waals surface area contributed by atoms with Crippen molar-refractivity contribution in [3.63, 3.8) is 0 Å². The van der Waals surface area contributed by atoms with Crippen LogP contribution in [0.3, 0.4) is 0 Å². The lowest BCUT2D eigenvalue weighted by atomic mass is 10.2. The summed E-state index contributed by atoms with van der Waals surface area (Å²) in [6.07, 6.45) is 0. The van der Waals surface area contributed by atoms with Gasteiger partial charge >= 0.3 is 0 Å². The highest BCUT2D eigenvalue weighted by Crippen LogP contribution is 2.28. The maximum atomic E-state index is 12.4. The first kappa shape index (κ1) is 15.7. The molecule has 21 heavy (non-hydrogen) atoms. The van der Waals surface area contributed by atoms with E-state index in [0.29, 0.717) is 11.3 Å². The lowest BCUT2D eigenvalue weighted by Gasteiger charge is -2.10. The van der Waals surface area contributed by atoms with Gasteiger partial charge in [0.2, 0.25) is 0 Å². The van der Waals surface area contributed by atoms with Gasteiger partial charge in [0.05, 0.1) is 4.92 Å². The van der Waals surface area contributed by atoms with Crippen LogP contribution < -0.4 is 4.72 Å². The summed E-state index contributed by atoms with van der Waals surface area (Å²) in [6.45, 7) is 1.52. The number of halogens is 1. The number of anilines is 1. The molecule has 0 amide bonds. The third-order valence-electron chi connectivity index (χ3n) is 2.73. The van der Waals surface area contributed by atoms with Crippen molar-refractivity contribution in [2.45, 2.75) is 11.8 Å². The molecule has 0 aromatic heterocycles. The van der Waals surface area contributed by atoms with E-state index in [1.54, 1.807) is 18.2 Å². The van der Waals surface area contributed by atoms with E-state index in [1.165, 1.54) is 25.1 Å². The number of benzene rings is 2. The van der Waals surface area contributed by atoms with Gasteiger partial charge < -0.3 is 0 Å². The van der Waals surface area contributed by atoms with Crippen molar-refractivity contribution in [1.82, 2.24) is 0 Å². The molecule has 0 spiro atoms. The third kappa shape index (κ3) is 3.50. The number of nitro groups is 1. The van der Waals surface area contributed by atoms with Gasteiger partial charge in [-0.15, -0.1) is 0 Å². The monoisotopic (exact) mass is 418 g/mol. The summed E-state index contributed by atoms with van der Waals surface area (Å²) in [5.74, 6) is 0. The Labute approximate surface area is 135 Å². The molecule has 2 rings (SSSR count). The van der Waals surface area contributed by atoms with Crippen molar-refractivity contribution in [3.05, 3.63) is 61.7 Å². The van der Waals surface area contributed by atoms with Gasteiger partial charge in [-0.1, -0.05) is 18.2 Å². The number of nitrogens with zero attached hydrogens (tertiary/aromatic N) is 1. The molecule has 110 valence electrons. The summed E-state index contributed by atoms with van der Waals surface area (Å²) >= 11 is 2.05. The van der Waals surface area contributed by atoms with Gasteiger partial charge in [-0.25, -0.2) is 8.42 Å². The lowest BCUT2D eigenvalue weighted by Crippen LogP contribution is -2.16. The van der Waals surface area contributed by atoms with Crippen LogP contribution in [0.15, 0.2) is 47.4 Å². The SMILES string of the molecule is Cc1cccc([N+](=O)[O-])c1S(=O)(=O)Nc1cccc(I)c1. The van der Waals surface area contributed by atoms with E-state index in [2.05, 4.69) is 27.3 Å². The minimum atomic E-state index is -4.03. The number of hydrogen-bond acceptors (Lipinski definition) is 4. The van der Waals surface area contributed by atoms with E-state index < -0.39 is 20.6 Å². The van der Waals surface area contributed by atoms with Gasteiger partial charge in [0, 0.05) is 15.3 Å². The summed E-state index contributed by atoms with van der Waals surface area (Å²) in [7, 11) is -4.03. The zero-order valence-electron chi connectivity index (χ0n) is 10.9. The van der Waals surface area contributed by atoms with Crippen molar-refractivity contribution >= 4 is 44.0 Å². The molecular formula is C13H11IN2O4S. The molecule has 0 saturated carbocycles. The highest BCUT2D eigenvalue weighted by atomic mass is 127. The maximum absolute atomic E-state index is 12.4. The molecule has 0 aliphatic rings. The van der Waals surface area contributed by atoms with E-state index in [-0.39, 0.29) is 4.90 Å². The number of sulfonamides is 1. The molecule has 0 aliphatic carbocycles. The molecule has 0 atom stereocenters. The van der Waals surface area contributed by atoms with Gasteiger partial charge in [-0.2, -0.15) is 0 Å². The first-order valence-electron chi connectivity index (χ1n) is 5.83. The van der Waals surface area contributed by atoms with Crippen molar-refractivity contribution in [3.8, 4) is 0 Å². The molecule has 8 heteroatoms. The number of aryl methyl sites for hydroxylation is 1. The summed E-state index contributed by atoms with van der Waals surface area (Å²) in [5.41, 5.74) is 0.245. The van der Waals surface area contributed by atoms with Crippen molar-refractivity contribution < 1.29 is 13.3 Å². The molecule has 2 aromatic rings. The van der Waals surface area contributed by atoms with Crippen molar-refractivity contribution in [1.29, 1.82) is 0 Å². The molecule has 0 fully saturated rings. The minimum Gasteiger partial charge on any atom is -0.279 e. The zero-order chi connectivity index (χ0) is 15.6. The predicted molar refractivity (Wildman–Crippen MR) is 87.8 cm³/mol. The smallest absolute Gasteiger partial charge is 0.279 e. The second-order valence-corrected chi connectivity index (χ2v) is 7.16. The van der Waals surface area contributed by atoms with Crippen molar-refractivity contribution in [2.24, 2.45) is 0 Å². The lowest BCUT2D eigenvalue weighted by molar-refractivity contribution is -0.387. The third-order valence-corrected chi connectivity index (χ3v) is 4.98. The largest absolute Gasteiger partial charge is 0.290 e. The highest BCUT2D eigenvalue weighted by Gasteiger charge is 2.27. The molecule has 2 aromatic carbocycles. The van der Waals surface area contributed by atoms with Crippen LogP contribution in [-0.4, -0.2) is 13.3 Å². The fraction of sp³-hybridized carbons (Fsp3) is 0.0769. The van der Waals surface area contributed by atoms with E-state index in [0.717, 1.165) is 3.57 Å². The molecule has 6 nitrogen and oxygen atoms in total. The van der Waals surface area contributed by atoms with Crippen LogP contribution in [0.25, 0.3) is 0 Å². The molecule has 0 heterocycles.